The van der Waals surface area contributed by atoms with Crippen LogP contribution in [0.1, 0.15) is 85.5 Å². The van der Waals surface area contributed by atoms with E-state index in [0.717, 1.165) is 44.9 Å². The maximum atomic E-state index is 14.2. The fourth-order valence-corrected chi connectivity index (χ4v) is 3.30. The Labute approximate surface area is 154 Å². The van der Waals surface area contributed by atoms with Gasteiger partial charge in [-0.15, -0.1) is 0 Å². The first-order chi connectivity index (χ1) is 11.8. The molecule has 0 amide bonds. The zero-order valence-corrected chi connectivity index (χ0v) is 16.9. The summed E-state index contributed by atoms with van der Waals surface area (Å²) in [5.41, 5.74) is 11.7. The van der Waals surface area contributed by atoms with Crippen molar-refractivity contribution in [2.45, 2.75) is 104 Å². The van der Waals surface area contributed by atoms with Gasteiger partial charge in [-0.1, -0.05) is 65.7 Å². The zero-order chi connectivity index (χ0) is 19.2. The maximum absolute atomic E-state index is 14.2. The number of carbonyl (C=O) groups is 1. The smallest absolute Gasteiger partial charge is 0.137 e. The van der Waals surface area contributed by atoms with Crippen LogP contribution in [0.4, 0.5) is 4.39 Å². The molecule has 0 aliphatic carbocycles. The number of carbonyl (C=O) groups excluding carboxylic acids is 1. The van der Waals surface area contributed by atoms with Crippen LogP contribution < -0.4 is 16.8 Å². The Morgan fingerprint density at radius 3 is 2.24 bits per heavy atom. The van der Waals surface area contributed by atoms with Crippen LogP contribution in [0.15, 0.2) is 0 Å². The van der Waals surface area contributed by atoms with Crippen LogP contribution in [0.25, 0.3) is 0 Å². The molecule has 0 aliphatic heterocycles. The summed E-state index contributed by atoms with van der Waals surface area (Å²) in [6.45, 7) is 8.34. The van der Waals surface area contributed by atoms with Crippen molar-refractivity contribution in [2.24, 2.45) is 23.3 Å². The first kappa shape index (κ1) is 24.5. The summed E-state index contributed by atoms with van der Waals surface area (Å²) in [5.74, 6) is 0.188. The molecule has 5 heteroatoms. The summed E-state index contributed by atoms with van der Waals surface area (Å²) >= 11 is 0. The molecule has 4 atom stereocenters. The highest BCUT2D eigenvalue weighted by Gasteiger charge is 2.29. The van der Waals surface area contributed by atoms with Crippen molar-refractivity contribution < 1.29 is 9.18 Å². The van der Waals surface area contributed by atoms with Crippen molar-refractivity contribution in [3.05, 3.63) is 0 Å². The van der Waals surface area contributed by atoms with Gasteiger partial charge in [-0.05, 0) is 25.7 Å². The molecule has 0 spiro atoms. The van der Waals surface area contributed by atoms with Crippen LogP contribution in [0.5, 0.6) is 0 Å². The number of ketones is 1. The molecule has 4 unspecified atom stereocenters. The third-order valence-electron chi connectivity index (χ3n) is 5.20. The van der Waals surface area contributed by atoms with Gasteiger partial charge in [0.2, 0.25) is 0 Å². The molecule has 0 aromatic rings. The van der Waals surface area contributed by atoms with E-state index >= 15 is 0 Å². The standard InChI is InChI=1S/C20H42FN3O/c1-5-7-8-9-13-18(19(16(4)25)20(22)23)24-14-17(21)12-10-11-15(3)6-2/h15,17-20,24H,5-14,22-23H2,1-4H3. The van der Waals surface area contributed by atoms with Gasteiger partial charge in [0.1, 0.15) is 12.0 Å². The van der Waals surface area contributed by atoms with Gasteiger partial charge in [0.25, 0.3) is 0 Å². The Hall–Kier alpha value is -0.520. The normalized spacial score (nSPS) is 16.6. The SMILES string of the molecule is CCCCCCC(NCC(F)CCCC(C)CC)C(C(C)=O)C(N)N. The summed E-state index contributed by atoms with van der Waals surface area (Å²) in [4.78, 5) is 11.9. The molecule has 0 aliphatic rings. The van der Waals surface area contributed by atoms with Crippen LogP contribution in [0.3, 0.4) is 0 Å². The monoisotopic (exact) mass is 359 g/mol. The zero-order valence-electron chi connectivity index (χ0n) is 16.9. The lowest BCUT2D eigenvalue weighted by atomic mass is 9.89. The van der Waals surface area contributed by atoms with Crippen molar-refractivity contribution in [2.75, 3.05) is 6.54 Å². The van der Waals surface area contributed by atoms with Gasteiger partial charge in [0.15, 0.2) is 0 Å². The van der Waals surface area contributed by atoms with E-state index in [1.54, 1.807) is 0 Å². The molecule has 0 saturated heterocycles. The summed E-state index contributed by atoms with van der Waals surface area (Å²) in [7, 11) is 0. The molecule has 25 heavy (non-hydrogen) atoms. The third-order valence-corrected chi connectivity index (χ3v) is 5.20. The molecule has 0 radical (unpaired) electrons. The van der Waals surface area contributed by atoms with Crippen molar-refractivity contribution >= 4 is 5.78 Å². The highest BCUT2D eigenvalue weighted by Crippen LogP contribution is 2.17. The van der Waals surface area contributed by atoms with Crippen molar-refractivity contribution in [3.8, 4) is 0 Å². The molecule has 0 rings (SSSR count). The van der Waals surface area contributed by atoms with Crippen LogP contribution in [-0.2, 0) is 4.79 Å². The lowest BCUT2D eigenvalue weighted by Crippen LogP contribution is -2.53. The molecule has 4 nitrogen and oxygen atoms in total. The lowest BCUT2D eigenvalue weighted by Gasteiger charge is -2.29. The fraction of sp³-hybridized carbons (Fsp3) is 0.950. The van der Waals surface area contributed by atoms with E-state index in [1.807, 2.05) is 0 Å². The maximum Gasteiger partial charge on any atom is 0.137 e. The van der Waals surface area contributed by atoms with Gasteiger partial charge in [0.05, 0.1) is 12.1 Å². The van der Waals surface area contributed by atoms with Gasteiger partial charge in [0, 0.05) is 12.6 Å². The first-order valence-corrected chi connectivity index (χ1v) is 10.2. The van der Waals surface area contributed by atoms with E-state index in [9.17, 15) is 9.18 Å². The molecule has 0 fully saturated rings. The van der Waals surface area contributed by atoms with Crippen LogP contribution in [0, 0.1) is 11.8 Å². The van der Waals surface area contributed by atoms with Crippen LogP contribution in [-0.4, -0.2) is 30.7 Å². The number of unbranched alkanes of at least 4 members (excludes halogenated alkanes) is 3. The number of nitrogens with two attached hydrogens (primary N) is 2. The van der Waals surface area contributed by atoms with Crippen molar-refractivity contribution in [1.29, 1.82) is 0 Å². The number of Topliss-reactive ketones (excluding diaryl/α,β-unsaturated/α-hetero) is 1. The van der Waals surface area contributed by atoms with Gasteiger partial charge >= 0.3 is 0 Å². The average Bonchev–Trinajstić information content (AvgIpc) is 2.55. The Morgan fingerprint density at radius 1 is 1.04 bits per heavy atom. The minimum atomic E-state index is -0.885. The molecule has 0 heterocycles. The third kappa shape index (κ3) is 11.7. The topological polar surface area (TPSA) is 81.1 Å². The second-order valence-electron chi connectivity index (χ2n) is 7.62. The van der Waals surface area contributed by atoms with E-state index in [2.05, 4.69) is 26.1 Å². The van der Waals surface area contributed by atoms with Gasteiger partial charge < -0.3 is 16.8 Å². The molecule has 150 valence electrons. The molecular weight excluding hydrogens is 317 g/mol. The van der Waals surface area contributed by atoms with Gasteiger partial charge in [-0.25, -0.2) is 4.39 Å². The number of hydrogen-bond donors (Lipinski definition) is 3. The highest BCUT2D eigenvalue weighted by molar-refractivity contribution is 5.79. The fourth-order valence-electron chi connectivity index (χ4n) is 3.30. The predicted octanol–water partition coefficient (Wildman–Crippen LogP) is 3.92. The number of hydrogen-bond acceptors (Lipinski definition) is 4. The highest BCUT2D eigenvalue weighted by atomic mass is 19.1. The van der Waals surface area contributed by atoms with E-state index in [-0.39, 0.29) is 18.4 Å². The molecule has 0 aromatic heterocycles. The van der Waals surface area contributed by atoms with Crippen LogP contribution in [0.2, 0.25) is 0 Å². The lowest BCUT2D eigenvalue weighted by molar-refractivity contribution is -0.122. The van der Waals surface area contributed by atoms with E-state index in [0.29, 0.717) is 12.3 Å². The Morgan fingerprint density at radius 2 is 1.72 bits per heavy atom. The Bertz CT molecular complexity index is 339. The molecule has 0 saturated carbocycles. The summed E-state index contributed by atoms with van der Waals surface area (Å²) < 4.78 is 14.2. The van der Waals surface area contributed by atoms with Gasteiger partial charge in [-0.3, -0.25) is 4.79 Å². The van der Waals surface area contributed by atoms with Crippen LogP contribution >= 0.6 is 0 Å². The molecule has 0 aromatic carbocycles. The number of nitrogens with one attached hydrogen (secondary N) is 1. The van der Waals surface area contributed by atoms with E-state index in [4.69, 9.17) is 11.5 Å². The first-order valence-electron chi connectivity index (χ1n) is 10.2. The molecule has 0 bridgehead atoms. The van der Waals surface area contributed by atoms with E-state index in [1.165, 1.54) is 13.3 Å². The minimum absolute atomic E-state index is 0.0184. The number of alkyl halides is 1. The second kappa shape index (κ2) is 14.6. The van der Waals surface area contributed by atoms with Crippen molar-refractivity contribution in [1.82, 2.24) is 5.32 Å². The van der Waals surface area contributed by atoms with Crippen molar-refractivity contribution in [3.63, 3.8) is 0 Å². The quantitative estimate of drug-likeness (QED) is 0.288. The molecule has 5 N–H and O–H groups in total. The molecular formula is C20H42FN3O. The largest absolute Gasteiger partial charge is 0.315 e. The second-order valence-corrected chi connectivity index (χ2v) is 7.62. The minimum Gasteiger partial charge on any atom is -0.315 e. The summed E-state index contributed by atoms with van der Waals surface area (Å²) in [6, 6.07) is -0.137. The number of rotatable bonds is 16. The van der Waals surface area contributed by atoms with E-state index < -0.39 is 18.3 Å². The number of halogens is 1. The Balaban J connectivity index is 4.47. The summed E-state index contributed by atoms with van der Waals surface area (Å²) in [5, 5.41) is 3.26. The predicted molar refractivity (Wildman–Crippen MR) is 105 cm³/mol. The summed E-state index contributed by atoms with van der Waals surface area (Å²) in [6.07, 6.45) is 7.37. The average molecular weight is 360 g/mol. The Kier molecular flexibility index (Phi) is 14.3. The van der Waals surface area contributed by atoms with Gasteiger partial charge in [-0.2, -0.15) is 0 Å².